The van der Waals surface area contributed by atoms with Gasteiger partial charge in [0, 0.05) is 7.05 Å². The van der Waals surface area contributed by atoms with Crippen molar-refractivity contribution in [1.82, 2.24) is 10.2 Å². The number of rotatable bonds is 4. The van der Waals surface area contributed by atoms with Crippen LogP contribution in [0.25, 0.3) is 0 Å². The number of nitrogens with zero attached hydrogens (tertiary/aromatic N) is 1. The molecule has 19 heavy (non-hydrogen) atoms. The fraction of sp³-hybridized carbons (Fsp3) is 0.714. The number of carboxylic acid groups (broad SMARTS) is 1. The molecule has 0 heterocycles. The van der Waals surface area contributed by atoms with Crippen LogP contribution in [0.3, 0.4) is 0 Å². The van der Waals surface area contributed by atoms with Crippen LogP contribution in [0.5, 0.6) is 0 Å². The van der Waals surface area contributed by atoms with Crippen molar-refractivity contribution in [2.45, 2.75) is 51.0 Å². The van der Waals surface area contributed by atoms with Gasteiger partial charge in [0.15, 0.2) is 0 Å². The van der Waals surface area contributed by atoms with E-state index < -0.39 is 11.5 Å². The first-order valence-corrected chi connectivity index (χ1v) is 6.65. The number of urea groups is 1. The zero-order valence-electron chi connectivity index (χ0n) is 11.7. The number of amides is 2. The van der Waals surface area contributed by atoms with Gasteiger partial charge in [-0.25, -0.2) is 4.79 Å². The maximum Gasteiger partial charge on any atom is 0.318 e. The summed E-state index contributed by atoms with van der Waals surface area (Å²) in [5.74, 6) is 4.62. The van der Waals surface area contributed by atoms with Crippen LogP contribution >= 0.6 is 0 Å². The van der Waals surface area contributed by atoms with E-state index in [0.717, 1.165) is 32.1 Å². The van der Waals surface area contributed by atoms with Gasteiger partial charge in [-0.2, -0.15) is 0 Å². The molecule has 0 unspecified atom stereocenters. The van der Waals surface area contributed by atoms with E-state index in [4.69, 9.17) is 5.11 Å². The topological polar surface area (TPSA) is 69.6 Å². The molecule has 0 aromatic heterocycles. The fourth-order valence-electron chi connectivity index (χ4n) is 2.66. The van der Waals surface area contributed by atoms with E-state index in [1.54, 1.807) is 18.9 Å². The second-order valence-electron chi connectivity index (χ2n) is 5.00. The summed E-state index contributed by atoms with van der Waals surface area (Å²) in [6.07, 6.45) is 4.57. The van der Waals surface area contributed by atoms with E-state index in [1.807, 2.05) is 0 Å². The van der Waals surface area contributed by atoms with E-state index in [-0.39, 0.29) is 12.5 Å². The molecular formula is C14H22N2O3. The molecule has 0 radical (unpaired) electrons. The first kappa shape index (κ1) is 15.4. The highest BCUT2D eigenvalue weighted by Crippen LogP contribution is 2.35. The van der Waals surface area contributed by atoms with Crippen molar-refractivity contribution >= 4 is 12.0 Å². The average Bonchev–Trinajstić information content (AvgIpc) is 2.38. The first-order chi connectivity index (χ1) is 9.02. The molecule has 1 aliphatic rings. The second kappa shape index (κ2) is 7.03. The molecule has 1 aliphatic carbocycles. The van der Waals surface area contributed by atoms with E-state index >= 15 is 0 Å². The van der Waals surface area contributed by atoms with Gasteiger partial charge in [0.25, 0.3) is 0 Å². The summed E-state index contributed by atoms with van der Waals surface area (Å²) in [4.78, 5) is 24.7. The van der Waals surface area contributed by atoms with Gasteiger partial charge in [0.2, 0.25) is 0 Å². The van der Waals surface area contributed by atoms with Crippen LogP contribution in [0.2, 0.25) is 0 Å². The van der Waals surface area contributed by atoms with Gasteiger partial charge in [-0.1, -0.05) is 25.2 Å². The summed E-state index contributed by atoms with van der Waals surface area (Å²) in [5.41, 5.74) is -0.548. The quantitative estimate of drug-likeness (QED) is 0.763. The van der Waals surface area contributed by atoms with E-state index in [2.05, 4.69) is 17.2 Å². The number of carbonyl (C=O) groups is 2. The molecule has 5 heteroatoms. The van der Waals surface area contributed by atoms with Crippen molar-refractivity contribution in [3.8, 4) is 11.8 Å². The van der Waals surface area contributed by atoms with Crippen LogP contribution in [0.15, 0.2) is 0 Å². The van der Waals surface area contributed by atoms with Crippen LogP contribution in [0, 0.1) is 11.8 Å². The van der Waals surface area contributed by atoms with Gasteiger partial charge >= 0.3 is 12.0 Å². The minimum absolute atomic E-state index is 0.0103. The molecule has 106 valence electrons. The number of carbonyl (C=O) groups excluding carboxylic acids is 1. The number of hydrogen-bond donors (Lipinski definition) is 2. The van der Waals surface area contributed by atoms with Crippen molar-refractivity contribution in [2.75, 3.05) is 13.6 Å². The summed E-state index contributed by atoms with van der Waals surface area (Å²) >= 11 is 0. The molecule has 0 aromatic rings. The average molecular weight is 266 g/mol. The van der Waals surface area contributed by atoms with Gasteiger partial charge in [-0.3, -0.25) is 4.79 Å². The highest BCUT2D eigenvalue weighted by atomic mass is 16.4. The molecule has 1 rings (SSSR count). The number of aliphatic carboxylic acids is 1. The molecule has 2 N–H and O–H groups in total. The van der Waals surface area contributed by atoms with Crippen LogP contribution in [0.1, 0.15) is 45.4 Å². The summed E-state index contributed by atoms with van der Waals surface area (Å²) in [6, 6.07) is -0.245. The summed E-state index contributed by atoms with van der Waals surface area (Å²) in [7, 11) is 1.68. The smallest absolute Gasteiger partial charge is 0.318 e. The predicted octanol–water partition coefficient (Wildman–Crippen LogP) is 1.83. The fourth-order valence-corrected chi connectivity index (χ4v) is 2.66. The predicted molar refractivity (Wildman–Crippen MR) is 72.7 cm³/mol. The molecule has 0 spiro atoms. The maximum absolute atomic E-state index is 12.1. The normalized spacial score (nSPS) is 16.9. The highest BCUT2D eigenvalue weighted by Gasteiger charge is 2.40. The third kappa shape index (κ3) is 4.16. The Morgan fingerprint density at radius 3 is 2.47 bits per heavy atom. The second-order valence-corrected chi connectivity index (χ2v) is 5.00. The van der Waals surface area contributed by atoms with E-state index in [1.165, 1.54) is 0 Å². The lowest BCUT2D eigenvalue weighted by molar-refractivity contribution is -0.140. The van der Waals surface area contributed by atoms with Crippen molar-refractivity contribution in [3.63, 3.8) is 0 Å². The van der Waals surface area contributed by atoms with Gasteiger partial charge in [-0.15, -0.1) is 5.92 Å². The Balaban J connectivity index is 2.74. The van der Waals surface area contributed by atoms with Gasteiger partial charge in [0.05, 0.1) is 18.5 Å². The summed E-state index contributed by atoms with van der Waals surface area (Å²) in [6.45, 7) is 2.01. The molecule has 0 atom stereocenters. The molecule has 5 nitrogen and oxygen atoms in total. The van der Waals surface area contributed by atoms with E-state index in [9.17, 15) is 9.59 Å². The molecule has 1 saturated carbocycles. The van der Waals surface area contributed by atoms with Crippen molar-refractivity contribution in [1.29, 1.82) is 0 Å². The molecule has 0 aliphatic heterocycles. The van der Waals surface area contributed by atoms with Crippen molar-refractivity contribution in [3.05, 3.63) is 0 Å². The summed E-state index contributed by atoms with van der Waals surface area (Å²) in [5, 5.41) is 11.8. The number of nitrogens with one attached hydrogen (secondary N) is 1. The van der Waals surface area contributed by atoms with Gasteiger partial charge in [0.1, 0.15) is 0 Å². The number of carboxylic acids is 1. The monoisotopic (exact) mass is 266 g/mol. The Hall–Kier alpha value is -1.70. The van der Waals surface area contributed by atoms with Crippen LogP contribution in [-0.2, 0) is 4.79 Å². The zero-order chi connectivity index (χ0) is 14.3. The largest absolute Gasteiger partial charge is 0.481 e. The Labute approximate surface area is 114 Å². The molecule has 0 saturated heterocycles. The molecule has 0 aromatic carbocycles. The first-order valence-electron chi connectivity index (χ1n) is 6.65. The van der Waals surface area contributed by atoms with Gasteiger partial charge in [-0.05, 0) is 19.8 Å². The van der Waals surface area contributed by atoms with Crippen LogP contribution < -0.4 is 5.32 Å². The van der Waals surface area contributed by atoms with Crippen LogP contribution in [-0.4, -0.2) is 41.1 Å². The molecule has 1 fully saturated rings. The standard InChI is InChI=1S/C14H22N2O3/c1-3-4-10-15-13(19)16(2)14(11-12(17)18)8-6-5-7-9-14/h5-11H2,1-2H3,(H,15,19)(H,17,18). The maximum atomic E-state index is 12.1. The van der Waals surface area contributed by atoms with Crippen molar-refractivity contribution in [2.24, 2.45) is 0 Å². The molecular weight excluding hydrogens is 244 g/mol. The Morgan fingerprint density at radius 2 is 1.95 bits per heavy atom. The lowest BCUT2D eigenvalue weighted by Crippen LogP contribution is -2.55. The highest BCUT2D eigenvalue weighted by molar-refractivity contribution is 5.77. The summed E-state index contributed by atoms with van der Waals surface area (Å²) < 4.78 is 0. The van der Waals surface area contributed by atoms with Crippen molar-refractivity contribution < 1.29 is 14.7 Å². The zero-order valence-corrected chi connectivity index (χ0v) is 11.7. The molecule has 2 amide bonds. The third-order valence-electron chi connectivity index (χ3n) is 3.79. The molecule has 0 bridgehead atoms. The minimum atomic E-state index is -0.852. The van der Waals surface area contributed by atoms with Crippen LogP contribution in [0.4, 0.5) is 4.79 Å². The Bertz CT molecular complexity index is 389. The Kier molecular flexibility index (Phi) is 5.68. The minimum Gasteiger partial charge on any atom is -0.481 e. The lowest BCUT2D eigenvalue weighted by atomic mass is 9.78. The lowest BCUT2D eigenvalue weighted by Gasteiger charge is -2.43. The van der Waals surface area contributed by atoms with Gasteiger partial charge < -0.3 is 15.3 Å². The number of hydrogen-bond acceptors (Lipinski definition) is 2. The SMILES string of the molecule is CC#CCNC(=O)N(C)C1(CC(=O)O)CCCCC1. The third-order valence-corrected chi connectivity index (χ3v) is 3.79. The Morgan fingerprint density at radius 1 is 1.32 bits per heavy atom. The van der Waals surface area contributed by atoms with E-state index in [0.29, 0.717) is 6.54 Å².